The lowest BCUT2D eigenvalue weighted by molar-refractivity contribution is -0.124. The molecule has 0 aliphatic rings. The summed E-state index contributed by atoms with van der Waals surface area (Å²) in [5.74, 6) is 0.0722. The number of amides is 1. The molecule has 0 saturated heterocycles. The van der Waals surface area contributed by atoms with Crippen LogP contribution in [0.1, 0.15) is 20.3 Å². The van der Waals surface area contributed by atoms with Gasteiger partial charge in [0.25, 0.3) is 0 Å². The molecular weight excluding hydrogens is 200 g/mol. The van der Waals surface area contributed by atoms with Gasteiger partial charge in [-0.05, 0) is 13.3 Å². The summed E-state index contributed by atoms with van der Waals surface area (Å²) in [4.78, 5) is 15.0. The smallest absolute Gasteiger partial charge is 0.250 e. The van der Waals surface area contributed by atoms with Crippen LogP contribution in [0.25, 0.3) is 0 Å². The zero-order chi connectivity index (χ0) is 10.4. The van der Waals surface area contributed by atoms with Crippen LogP contribution in [0.15, 0.2) is 11.8 Å². The molecule has 0 fully saturated rings. The molecule has 0 aliphatic carbocycles. The van der Waals surface area contributed by atoms with Crippen molar-refractivity contribution < 1.29 is 4.79 Å². The molecule has 0 atom stereocenters. The third-order valence-corrected chi connectivity index (χ3v) is 1.73. The van der Waals surface area contributed by atoms with Crippen molar-refractivity contribution in [2.75, 3.05) is 27.7 Å². The number of halogens is 1. The molecular formula is C10H21ClN2O. The van der Waals surface area contributed by atoms with Crippen LogP contribution in [-0.4, -0.2) is 43.4 Å². The summed E-state index contributed by atoms with van der Waals surface area (Å²) < 4.78 is 0. The van der Waals surface area contributed by atoms with E-state index in [0.29, 0.717) is 0 Å². The molecule has 4 heteroatoms. The molecule has 0 radical (unpaired) electrons. The van der Waals surface area contributed by atoms with Gasteiger partial charge in [-0.1, -0.05) is 6.92 Å². The van der Waals surface area contributed by atoms with Crippen molar-refractivity contribution in [3.05, 3.63) is 11.8 Å². The summed E-state index contributed by atoms with van der Waals surface area (Å²) in [5.41, 5.74) is 0.779. The molecule has 0 aliphatic heterocycles. The van der Waals surface area contributed by atoms with Gasteiger partial charge in [-0.2, -0.15) is 0 Å². The average molecular weight is 221 g/mol. The van der Waals surface area contributed by atoms with E-state index in [2.05, 4.69) is 6.92 Å². The van der Waals surface area contributed by atoms with Crippen LogP contribution in [-0.2, 0) is 4.79 Å². The molecule has 3 nitrogen and oxygen atoms in total. The molecule has 84 valence electrons. The van der Waals surface area contributed by atoms with Gasteiger partial charge in [-0.25, -0.2) is 0 Å². The lowest BCUT2D eigenvalue weighted by Crippen LogP contribution is -2.24. The van der Waals surface area contributed by atoms with Gasteiger partial charge in [0.15, 0.2) is 0 Å². The average Bonchev–Trinajstić information content (AvgIpc) is 2.03. The first-order valence-electron chi connectivity index (χ1n) is 4.59. The standard InChI is InChI=1S/C10H20N2O.ClH/c1-6-7-12(5)8-9(2)10(13)11(3)4;/h8H,6-7H2,1-5H3;1H. The summed E-state index contributed by atoms with van der Waals surface area (Å²) in [6.45, 7) is 4.94. The molecule has 0 bridgehead atoms. The number of nitrogens with zero attached hydrogens (tertiary/aromatic N) is 2. The third kappa shape index (κ3) is 5.86. The van der Waals surface area contributed by atoms with E-state index >= 15 is 0 Å². The van der Waals surface area contributed by atoms with Gasteiger partial charge < -0.3 is 9.80 Å². The summed E-state index contributed by atoms with van der Waals surface area (Å²) in [7, 11) is 5.51. The predicted molar refractivity (Wildman–Crippen MR) is 62.6 cm³/mol. The van der Waals surface area contributed by atoms with Crippen molar-refractivity contribution in [2.45, 2.75) is 20.3 Å². The minimum atomic E-state index is 0. The van der Waals surface area contributed by atoms with Gasteiger partial charge in [0, 0.05) is 39.5 Å². The number of likely N-dealkylation sites (N-methyl/N-ethyl adjacent to an activating group) is 1. The monoisotopic (exact) mass is 220 g/mol. The van der Waals surface area contributed by atoms with E-state index in [1.807, 2.05) is 25.1 Å². The Bertz CT molecular complexity index is 202. The number of hydrogen-bond donors (Lipinski definition) is 0. The Morgan fingerprint density at radius 3 is 2.14 bits per heavy atom. The zero-order valence-electron chi connectivity index (χ0n) is 9.70. The van der Waals surface area contributed by atoms with Gasteiger partial charge in [0.1, 0.15) is 0 Å². The Hall–Kier alpha value is -0.700. The normalized spacial score (nSPS) is 10.5. The van der Waals surface area contributed by atoms with Gasteiger partial charge in [0.05, 0.1) is 0 Å². The highest BCUT2D eigenvalue weighted by atomic mass is 35.5. The fraction of sp³-hybridized carbons (Fsp3) is 0.700. The molecule has 14 heavy (non-hydrogen) atoms. The van der Waals surface area contributed by atoms with E-state index in [-0.39, 0.29) is 18.3 Å². The minimum absolute atomic E-state index is 0. The summed E-state index contributed by atoms with van der Waals surface area (Å²) >= 11 is 0. The molecule has 0 aromatic carbocycles. The van der Waals surface area contributed by atoms with E-state index in [0.717, 1.165) is 18.5 Å². The van der Waals surface area contributed by atoms with E-state index in [9.17, 15) is 4.79 Å². The fourth-order valence-corrected chi connectivity index (χ4v) is 1.16. The lowest BCUT2D eigenvalue weighted by Gasteiger charge is -2.16. The molecule has 0 aromatic heterocycles. The van der Waals surface area contributed by atoms with Crippen LogP contribution in [0.5, 0.6) is 0 Å². The van der Waals surface area contributed by atoms with Crippen LogP contribution in [0, 0.1) is 0 Å². The number of carbonyl (C=O) groups is 1. The van der Waals surface area contributed by atoms with E-state index < -0.39 is 0 Å². The molecule has 0 aromatic rings. The Morgan fingerprint density at radius 2 is 1.79 bits per heavy atom. The fourth-order valence-electron chi connectivity index (χ4n) is 1.16. The van der Waals surface area contributed by atoms with Crippen molar-refractivity contribution in [1.82, 2.24) is 9.80 Å². The minimum Gasteiger partial charge on any atom is -0.380 e. The summed E-state index contributed by atoms with van der Waals surface area (Å²) in [5, 5.41) is 0. The highest BCUT2D eigenvalue weighted by Gasteiger charge is 2.06. The topological polar surface area (TPSA) is 23.6 Å². The van der Waals surface area contributed by atoms with Crippen LogP contribution in [0.3, 0.4) is 0 Å². The van der Waals surface area contributed by atoms with Gasteiger partial charge in [0.2, 0.25) is 5.91 Å². The number of hydrogen-bond acceptors (Lipinski definition) is 2. The first kappa shape index (κ1) is 15.8. The maximum atomic E-state index is 11.4. The second kappa shape index (κ2) is 7.68. The molecule has 0 spiro atoms. The number of carbonyl (C=O) groups excluding carboxylic acids is 1. The van der Waals surface area contributed by atoms with E-state index in [4.69, 9.17) is 0 Å². The molecule has 0 heterocycles. The predicted octanol–water partition coefficient (Wildman–Crippen LogP) is 1.74. The van der Waals surface area contributed by atoms with Crippen LogP contribution in [0.2, 0.25) is 0 Å². The van der Waals surface area contributed by atoms with Crippen molar-refractivity contribution in [3.63, 3.8) is 0 Å². The van der Waals surface area contributed by atoms with Gasteiger partial charge in [-0.15, -0.1) is 12.4 Å². The van der Waals surface area contributed by atoms with Gasteiger partial charge in [-0.3, -0.25) is 4.79 Å². The summed E-state index contributed by atoms with van der Waals surface area (Å²) in [6, 6.07) is 0. The lowest BCUT2D eigenvalue weighted by atomic mass is 10.3. The summed E-state index contributed by atoms with van der Waals surface area (Å²) in [6.07, 6.45) is 2.99. The van der Waals surface area contributed by atoms with Crippen molar-refractivity contribution in [2.24, 2.45) is 0 Å². The highest BCUT2D eigenvalue weighted by molar-refractivity contribution is 5.92. The van der Waals surface area contributed by atoms with Crippen molar-refractivity contribution in [1.29, 1.82) is 0 Å². The largest absolute Gasteiger partial charge is 0.380 e. The molecule has 0 N–H and O–H groups in total. The number of rotatable bonds is 4. The highest BCUT2D eigenvalue weighted by Crippen LogP contribution is 1.99. The molecule has 0 unspecified atom stereocenters. The Kier molecular flexibility index (Phi) is 8.65. The van der Waals surface area contributed by atoms with Crippen molar-refractivity contribution >= 4 is 18.3 Å². The maximum absolute atomic E-state index is 11.4. The second-order valence-corrected chi connectivity index (χ2v) is 3.49. The molecule has 0 saturated carbocycles. The first-order valence-corrected chi connectivity index (χ1v) is 4.59. The van der Waals surface area contributed by atoms with Gasteiger partial charge >= 0.3 is 0 Å². The SMILES string of the molecule is CCCN(C)C=C(C)C(=O)N(C)C.Cl. The Balaban J connectivity index is 0. The quantitative estimate of drug-likeness (QED) is 0.674. The van der Waals surface area contributed by atoms with E-state index in [1.165, 1.54) is 0 Å². The van der Waals surface area contributed by atoms with Crippen molar-refractivity contribution in [3.8, 4) is 0 Å². The van der Waals surface area contributed by atoms with Crippen LogP contribution in [0.4, 0.5) is 0 Å². The second-order valence-electron chi connectivity index (χ2n) is 3.49. The Morgan fingerprint density at radius 1 is 1.29 bits per heavy atom. The van der Waals surface area contributed by atoms with Crippen LogP contribution >= 0.6 is 12.4 Å². The van der Waals surface area contributed by atoms with E-state index in [1.54, 1.807) is 19.0 Å². The Labute approximate surface area is 93.2 Å². The molecule has 0 rings (SSSR count). The first-order chi connectivity index (χ1) is 5.99. The van der Waals surface area contributed by atoms with Crippen LogP contribution < -0.4 is 0 Å². The zero-order valence-corrected chi connectivity index (χ0v) is 10.5. The third-order valence-electron chi connectivity index (χ3n) is 1.73. The maximum Gasteiger partial charge on any atom is 0.250 e. The molecule has 1 amide bonds.